The normalized spacial score (nSPS) is 19.1. The van der Waals surface area contributed by atoms with Gasteiger partial charge in [-0.3, -0.25) is 19.7 Å². The van der Waals surface area contributed by atoms with Crippen LogP contribution in [0.3, 0.4) is 0 Å². The van der Waals surface area contributed by atoms with Gasteiger partial charge in [0.1, 0.15) is 18.2 Å². The molecular formula is C45H49Cl2N8O4P. The molecule has 5 heterocycles. The molecule has 3 fully saturated rings. The molecule has 4 aliphatic heterocycles. The number of para-hydroxylation sites is 1. The lowest BCUT2D eigenvalue weighted by molar-refractivity contribution is -0.136. The molecule has 1 aromatic heterocycles. The molecule has 0 aliphatic carbocycles. The minimum absolute atomic E-state index is 0.176. The first-order valence-corrected chi connectivity index (χ1v) is 23.9. The largest absolute Gasteiger partial charge is 0.370 e. The van der Waals surface area contributed by atoms with E-state index in [1.165, 1.54) is 19.0 Å². The van der Waals surface area contributed by atoms with Crippen molar-refractivity contribution in [2.24, 2.45) is 5.41 Å². The Morgan fingerprint density at radius 2 is 1.70 bits per heavy atom. The Kier molecular flexibility index (Phi) is 12.3. The fourth-order valence-electron chi connectivity index (χ4n) is 8.89. The minimum Gasteiger partial charge on any atom is -0.370 e. The highest BCUT2D eigenvalue weighted by Crippen LogP contribution is 2.44. The number of likely N-dealkylation sites (tertiary alicyclic amines) is 1. The fraction of sp³-hybridized carbons (Fsp3) is 0.400. The van der Waals surface area contributed by atoms with Crippen LogP contribution in [0.5, 0.6) is 0 Å². The first-order chi connectivity index (χ1) is 28.9. The Hall–Kier alpha value is -4.92. The quantitative estimate of drug-likeness (QED) is 0.0627. The predicted molar refractivity (Wildman–Crippen MR) is 239 cm³/mol. The number of carbonyl (C=O) groups excluding carboxylic acids is 3. The van der Waals surface area contributed by atoms with Gasteiger partial charge in [0.15, 0.2) is 5.82 Å². The third-order valence-corrected chi connectivity index (χ3v) is 14.5. The van der Waals surface area contributed by atoms with Crippen molar-refractivity contribution in [3.8, 4) is 11.8 Å². The van der Waals surface area contributed by atoms with Crippen LogP contribution in [0.4, 0.5) is 28.8 Å². The monoisotopic (exact) mass is 866 g/mol. The van der Waals surface area contributed by atoms with Gasteiger partial charge in [-0.05, 0) is 125 Å². The average Bonchev–Trinajstić information content (AvgIpc) is 3.56. The molecule has 4 aliphatic rings. The van der Waals surface area contributed by atoms with Crippen LogP contribution in [0.2, 0.25) is 10.0 Å². The molecule has 4 aromatic rings. The molecule has 8 rings (SSSR count). The number of anilines is 5. The minimum atomic E-state index is -2.54. The van der Waals surface area contributed by atoms with Gasteiger partial charge in [0, 0.05) is 54.6 Å². The first kappa shape index (κ1) is 41.8. The predicted octanol–water partition coefficient (Wildman–Crippen LogP) is 7.79. The summed E-state index contributed by atoms with van der Waals surface area (Å²) in [4.78, 5) is 52.8. The van der Waals surface area contributed by atoms with E-state index < -0.39 is 19.1 Å². The van der Waals surface area contributed by atoms with Gasteiger partial charge in [-0.1, -0.05) is 53.2 Å². The molecule has 3 amide bonds. The van der Waals surface area contributed by atoms with Crippen molar-refractivity contribution >= 4 is 82.2 Å². The van der Waals surface area contributed by atoms with Crippen LogP contribution in [0.1, 0.15) is 72.9 Å². The number of carbonyl (C=O) groups is 3. The highest BCUT2D eigenvalue weighted by Gasteiger charge is 2.40. The fourth-order valence-corrected chi connectivity index (χ4v) is 10.5. The molecule has 0 saturated carbocycles. The SMILES string of the molecule is CP(C)(=O)c1ccccc1Nc1nc(Nc2ccc(N3CCC4(CCN(CCCC#Cc5cccc6c5CN(C5CCC(=O)NC5=O)C6=O)CC4)CC3)c(Cl)c2)ncc1Cl. The summed E-state index contributed by atoms with van der Waals surface area (Å²) in [6, 6.07) is 18.3. The number of amides is 3. The van der Waals surface area contributed by atoms with Gasteiger partial charge in [0.05, 0.1) is 22.6 Å². The molecule has 60 heavy (non-hydrogen) atoms. The Morgan fingerprint density at radius 3 is 2.45 bits per heavy atom. The second-order valence-electron chi connectivity index (χ2n) is 16.6. The number of benzene rings is 3. The summed E-state index contributed by atoms with van der Waals surface area (Å²) in [5, 5.41) is 10.6. The summed E-state index contributed by atoms with van der Waals surface area (Å²) in [6.07, 6.45) is 8.51. The molecule has 15 heteroatoms. The zero-order chi connectivity index (χ0) is 42.0. The van der Waals surface area contributed by atoms with Gasteiger partial charge < -0.3 is 29.9 Å². The number of aromatic nitrogens is 2. The number of nitrogens with zero attached hydrogens (tertiary/aromatic N) is 5. The van der Waals surface area contributed by atoms with E-state index in [1.807, 2.05) is 48.5 Å². The van der Waals surface area contributed by atoms with Gasteiger partial charge in [-0.15, -0.1) is 0 Å². The third kappa shape index (κ3) is 9.20. The van der Waals surface area contributed by atoms with E-state index in [0.717, 1.165) is 86.2 Å². The molecule has 1 atom stereocenters. The molecule has 3 saturated heterocycles. The number of fused-ring (bicyclic) bond motifs is 1. The third-order valence-electron chi connectivity index (χ3n) is 12.3. The number of imide groups is 1. The molecule has 3 aromatic carbocycles. The van der Waals surface area contributed by atoms with E-state index >= 15 is 0 Å². The molecule has 3 N–H and O–H groups in total. The van der Waals surface area contributed by atoms with Crippen LogP contribution in [-0.2, 0) is 20.7 Å². The van der Waals surface area contributed by atoms with Gasteiger partial charge >= 0.3 is 0 Å². The maximum absolute atomic E-state index is 13.2. The number of hydrogen-bond donors (Lipinski definition) is 3. The van der Waals surface area contributed by atoms with E-state index in [4.69, 9.17) is 23.2 Å². The van der Waals surface area contributed by atoms with Crippen LogP contribution >= 0.6 is 30.3 Å². The van der Waals surface area contributed by atoms with Crippen molar-refractivity contribution in [2.45, 2.75) is 64.0 Å². The Bertz CT molecular complexity index is 2430. The van der Waals surface area contributed by atoms with Gasteiger partial charge in [0.25, 0.3) is 5.91 Å². The van der Waals surface area contributed by atoms with E-state index in [2.05, 4.69) is 53.6 Å². The second kappa shape index (κ2) is 17.6. The summed E-state index contributed by atoms with van der Waals surface area (Å²) in [5.74, 6) is 6.53. The van der Waals surface area contributed by atoms with Crippen LogP contribution in [-0.4, -0.2) is 89.6 Å². The molecule has 1 spiro atoms. The number of rotatable bonds is 10. The number of hydrogen-bond acceptors (Lipinski definition) is 10. The van der Waals surface area contributed by atoms with Crippen molar-refractivity contribution in [2.75, 3.05) is 61.6 Å². The van der Waals surface area contributed by atoms with Crippen molar-refractivity contribution < 1.29 is 18.9 Å². The highest BCUT2D eigenvalue weighted by molar-refractivity contribution is 7.70. The van der Waals surface area contributed by atoms with Crippen LogP contribution < -0.4 is 26.2 Å². The summed E-state index contributed by atoms with van der Waals surface area (Å²) in [7, 11) is -2.54. The second-order valence-corrected chi connectivity index (χ2v) is 20.6. The number of nitrogens with one attached hydrogen (secondary N) is 3. The van der Waals surface area contributed by atoms with Crippen LogP contribution in [0.25, 0.3) is 0 Å². The Balaban J connectivity index is 0.791. The van der Waals surface area contributed by atoms with Crippen LogP contribution in [0.15, 0.2) is 66.9 Å². The van der Waals surface area contributed by atoms with Crippen molar-refractivity contribution in [1.82, 2.24) is 25.1 Å². The number of unbranched alkanes of at least 4 members (excludes halogenated alkanes) is 1. The first-order valence-electron chi connectivity index (χ1n) is 20.6. The van der Waals surface area contributed by atoms with E-state index in [0.29, 0.717) is 51.4 Å². The lowest BCUT2D eigenvalue weighted by atomic mass is 9.71. The zero-order valence-electron chi connectivity index (χ0n) is 33.9. The Morgan fingerprint density at radius 1 is 0.933 bits per heavy atom. The summed E-state index contributed by atoms with van der Waals surface area (Å²) >= 11 is 13.4. The maximum Gasteiger partial charge on any atom is 0.255 e. The average molecular weight is 868 g/mol. The van der Waals surface area contributed by atoms with Crippen molar-refractivity contribution in [3.63, 3.8) is 0 Å². The Labute approximate surface area is 361 Å². The summed E-state index contributed by atoms with van der Waals surface area (Å²) in [6.45, 7) is 8.91. The number of halogens is 2. The summed E-state index contributed by atoms with van der Waals surface area (Å²) in [5.41, 5.74) is 5.11. The smallest absolute Gasteiger partial charge is 0.255 e. The molecule has 312 valence electrons. The molecule has 12 nitrogen and oxygen atoms in total. The van der Waals surface area contributed by atoms with Crippen LogP contribution in [0, 0.1) is 17.3 Å². The van der Waals surface area contributed by atoms with Gasteiger partial charge in [0.2, 0.25) is 17.8 Å². The van der Waals surface area contributed by atoms with E-state index in [9.17, 15) is 18.9 Å². The van der Waals surface area contributed by atoms with E-state index in [1.54, 1.807) is 24.3 Å². The standard InChI is InChI=1S/C45H49Cl2N8O4P/c1-60(2,59)39-13-6-5-12-36(39)50-41-35(47)28-48-44(52-41)49-31-14-15-37(34(46)27-31)54-25-20-45(21-26-54)18-23-53(24-19-45)22-7-3-4-9-30-10-8-11-32-33(30)29-55(43(32)58)38-16-17-40(56)51-42(38)57/h5-6,8,10-15,27-28,38H,3,7,16-26,29H2,1-2H3,(H,51,56,57)(H2,48,49,50,52). The van der Waals surface area contributed by atoms with Crippen molar-refractivity contribution in [1.29, 1.82) is 0 Å². The lowest BCUT2D eigenvalue weighted by Gasteiger charge is -2.47. The molecule has 0 radical (unpaired) electrons. The topological polar surface area (TPSA) is 140 Å². The van der Waals surface area contributed by atoms with E-state index in [-0.39, 0.29) is 18.2 Å². The van der Waals surface area contributed by atoms with Gasteiger partial charge in [-0.25, -0.2) is 4.98 Å². The molecule has 1 unspecified atom stereocenters. The number of piperidine rings is 3. The van der Waals surface area contributed by atoms with Crippen molar-refractivity contribution in [3.05, 3.63) is 93.6 Å². The maximum atomic E-state index is 13.2. The lowest BCUT2D eigenvalue weighted by Crippen LogP contribution is -2.52. The highest BCUT2D eigenvalue weighted by atomic mass is 35.5. The van der Waals surface area contributed by atoms with Gasteiger partial charge in [-0.2, -0.15) is 4.98 Å². The summed E-state index contributed by atoms with van der Waals surface area (Å²) < 4.78 is 12.9. The molecular weight excluding hydrogens is 818 g/mol. The zero-order valence-corrected chi connectivity index (χ0v) is 36.3. The molecule has 0 bridgehead atoms.